The van der Waals surface area contributed by atoms with Crippen molar-refractivity contribution in [2.45, 2.75) is 32.7 Å². The average molecular weight is 412 g/mol. The molecule has 1 fully saturated rings. The lowest BCUT2D eigenvalue weighted by molar-refractivity contribution is -0.385. The zero-order valence-electron chi connectivity index (χ0n) is 16.2. The number of nitro groups is 1. The number of carbonyl (C=O) groups excluding carboxylic acids is 2. The molecule has 2 amide bonds. The van der Waals surface area contributed by atoms with Gasteiger partial charge in [0, 0.05) is 6.07 Å². The summed E-state index contributed by atoms with van der Waals surface area (Å²) in [6.45, 7) is 6.48. The summed E-state index contributed by atoms with van der Waals surface area (Å²) >= 11 is 0.788. The highest BCUT2D eigenvalue weighted by molar-refractivity contribution is 8.18. The molecule has 1 heterocycles. The number of amides is 2. The molecule has 2 aromatic rings. The van der Waals surface area contributed by atoms with E-state index in [1.807, 2.05) is 24.3 Å². The van der Waals surface area contributed by atoms with E-state index in [0.29, 0.717) is 5.56 Å². The number of benzene rings is 2. The maximum absolute atomic E-state index is 12.7. The summed E-state index contributed by atoms with van der Waals surface area (Å²) in [5.41, 5.74) is 1.90. The third kappa shape index (κ3) is 4.48. The molecule has 2 aromatic carbocycles. The number of phenolic OH excluding ortho intramolecular Hbond substituents is 1. The first-order chi connectivity index (χ1) is 13.6. The Labute approximate surface area is 172 Å². The first kappa shape index (κ1) is 20.6. The van der Waals surface area contributed by atoms with Gasteiger partial charge in [-0.1, -0.05) is 51.1 Å². The molecule has 0 radical (unpaired) electrons. The van der Waals surface area contributed by atoms with E-state index in [9.17, 15) is 24.8 Å². The van der Waals surface area contributed by atoms with Gasteiger partial charge in [-0.15, -0.1) is 0 Å². The van der Waals surface area contributed by atoms with Gasteiger partial charge < -0.3 is 5.11 Å². The van der Waals surface area contributed by atoms with Crippen LogP contribution in [0.5, 0.6) is 5.75 Å². The summed E-state index contributed by atoms with van der Waals surface area (Å²) in [4.78, 5) is 36.6. The summed E-state index contributed by atoms with van der Waals surface area (Å²) in [6, 6.07) is 11.6. The minimum Gasteiger partial charge on any atom is -0.502 e. The van der Waals surface area contributed by atoms with Crippen LogP contribution in [-0.2, 0) is 16.8 Å². The third-order valence-electron chi connectivity index (χ3n) is 4.53. The number of imide groups is 1. The molecule has 0 spiro atoms. The highest BCUT2D eigenvalue weighted by atomic mass is 32.2. The van der Waals surface area contributed by atoms with Crippen molar-refractivity contribution in [3.63, 3.8) is 0 Å². The van der Waals surface area contributed by atoms with E-state index in [1.54, 1.807) is 0 Å². The second-order valence-electron chi connectivity index (χ2n) is 7.72. The molecule has 150 valence electrons. The Morgan fingerprint density at radius 2 is 1.79 bits per heavy atom. The topological polar surface area (TPSA) is 101 Å². The fourth-order valence-corrected chi connectivity index (χ4v) is 3.70. The number of nitrogens with zero attached hydrogens (tertiary/aromatic N) is 2. The van der Waals surface area contributed by atoms with Gasteiger partial charge in [0.25, 0.3) is 11.1 Å². The number of phenols is 1. The molecule has 0 atom stereocenters. The van der Waals surface area contributed by atoms with E-state index in [1.165, 1.54) is 18.2 Å². The molecular formula is C21H20N2O5S. The maximum Gasteiger partial charge on any atom is 0.311 e. The summed E-state index contributed by atoms with van der Waals surface area (Å²) < 4.78 is 0. The quantitative estimate of drug-likeness (QED) is 0.438. The van der Waals surface area contributed by atoms with Gasteiger partial charge in [-0.05, 0) is 46.0 Å². The monoisotopic (exact) mass is 412 g/mol. The van der Waals surface area contributed by atoms with Gasteiger partial charge in [-0.25, -0.2) is 0 Å². The largest absolute Gasteiger partial charge is 0.502 e. The molecule has 1 N–H and O–H groups in total. The molecule has 0 unspecified atom stereocenters. The lowest BCUT2D eigenvalue weighted by Crippen LogP contribution is -2.27. The van der Waals surface area contributed by atoms with Crippen LogP contribution in [0.3, 0.4) is 0 Å². The van der Waals surface area contributed by atoms with Crippen molar-refractivity contribution < 1.29 is 19.6 Å². The third-order valence-corrected chi connectivity index (χ3v) is 5.44. The molecule has 3 rings (SSSR count). The number of rotatable bonds is 4. The van der Waals surface area contributed by atoms with Crippen molar-refractivity contribution in [1.29, 1.82) is 0 Å². The smallest absolute Gasteiger partial charge is 0.311 e. The Morgan fingerprint density at radius 1 is 1.14 bits per heavy atom. The molecule has 0 aromatic heterocycles. The van der Waals surface area contributed by atoms with Crippen molar-refractivity contribution in [2.24, 2.45) is 0 Å². The predicted molar refractivity (Wildman–Crippen MR) is 111 cm³/mol. The van der Waals surface area contributed by atoms with Crippen LogP contribution in [0.1, 0.15) is 37.5 Å². The lowest BCUT2D eigenvalue weighted by Gasteiger charge is -2.20. The van der Waals surface area contributed by atoms with Gasteiger partial charge in [0.1, 0.15) is 0 Å². The highest BCUT2D eigenvalue weighted by Crippen LogP contribution is 2.35. The van der Waals surface area contributed by atoms with Crippen LogP contribution < -0.4 is 0 Å². The molecule has 8 heteroatoms. The van der Waals surface area contributed by atoms with Crippen LogP contribution >= 0.6 is 11.8 Å². The van der Waals surface area contributed by atoms with Gasteiger partial charge in [0.15, 0.2) is 5.75 Å². The number of thioether (sulfide) groups is 1. The highest BCUT2D eigenvalue weighted by Gasteiger charge is 2.35. The van der Waals surface area contributed by atoms with Crippen LogP contribution in [0.2, 0.25) is 0 Å². The van der Waals surface area contributed by atoms with E-state index < -0.39 is 27.5 Å². The number of hydrogen-bond acceptors (Lipinski definition) is 6. The van der Waals surface area contributed by atoms with Crippen molar-refractivity contribution in [2.75, 3.05) is 0 Å². The van der Waals surface area contributed by atoms with Crippen LogP contribution in [-0.4, -0.2) is 26.1 Å². The summed E-state index contributed by atoms with van der Waals surface area (Å²) in [7, 11) is 0. The second-order valence-corrected chi connectivity index (χ2v) is 8.71. The number of aromatic hydroxyl groups is 1. The first-order valence-electron chi connectivity index (χ1n) is 8.88. The normalized spacial score (nSPS) is 16.0. The van der Waals surface area contributed by atoms with Gasteiger partial charge in [-0.3, -0.25) is 24.6 Å². The number of hydrogen-bond donors (Lipinski definition) is 1. The van der Waals surface area contributed by atoms with E-state index in [0.717, 1.165) is 33.9 Å². The standard InChI is InChI=1S/C21H20N2O5S/c1-21(2,3)15-7-4-13(5-8-15)12-22-19(25)18(29-20(22)26)11-14-6-9-17(24)16(10-14)23(27)28/h4-11,24H,12H2,1-3H3/b18-11+. The Bertz CT molecular complexity index is 1020. The Balaban J connectivity index is 1.80. The van der Waals surface area contributed by atoms with Crippen molar-refractivity contribution in [3.8, 4) is 5.75 Å². The summed E-state index contributed by atoms with van der Waals surface area (Å²) in [6.07, 6.45) is 1.42. The molecule has 29 heavy (non-hydrogen) atoms. The minimum atomic E-state index is -0.709. The van der Waals surface area contributed by atoms with Crippen molar-refractivity contribution >= 4 is 34.7 Å². The second kappa shape index (κ2) is 7.71. The number of nitro benzene ring substituents is 1. The molecular weight excluding hydrogens is 392 g/mol. The Morgan fingerprint density at radius 3 is 2.38 bits per heavy atom. The fourth-order valence-electron chi connectivity index (χ4n) is 2.86. The molecule has 1 saturated heterocycles. The minimum absolute atomic E-state index is 0.0102. The molecule has 0 saturated carbocycles. The molecule has 1 aliphatic rings. The number of carbonyl (C=O) groups is 2. The van der Waals surface area contributed by atoms with Crippen LogP contribution in [0.25, 0.3) is 6.08 Å². The van der Waals surface area contributed by atoms with Gasteiger partial charge >= 0.3 is 5.69 Å². The van der Waals surface area contributed by atoms with E-state index in [4.69, 9.17) is 0 Å². The average Bonchev–Trinajstić information content (AvgIpc) is 2.90. The summed E-state index contributed by atoms with van der Waals surface area (Å²) in [5.74, 6) is -0.908. The van der Waals surface area contributed by atoms with E-state index >= 15 is 0 Å². The van der Waals surface area contributed by atoms with Gasteiger partial charge in [-0.2, -0.15) is 0 Å². The maximum atomic E-state index is 12.7. The lowest BCUT2D eigenvalue weighted by atomic mass is 9.87. The van der Waals surface area contributed by atoms with Crippen LogP contribution in [0.15, 0.2) is 47.4 Å². The van der Waals surface area contributed by atoms with Crippen molar-refractivity contribution in [3.05, 3.63) is 74.2 Å². The molecule has 0 bridgehead atoms. The van der Waals surface area contributed by atoms with Crippen molar-refractivity contribution in [1.82, 2.24) is 4.90 Å². The first-order valence-corrected chi connectivity index (χ1v) is 9.70. The van der Waals surface area contributed by atoms with Crippen LogP contribution in [0, 0.1) is 10.1 Å². The zero-order valence-corrected chi connectivity index (χ0v) is 17.0. The SMILES string of the molecule is CC(C)(C)c1ccc(CN2C(=O)S/C(=C/c3ccc(O)c([N+](=O)[O-])c3)C2=O)cc1. The van der Waals surface area contributed by atoms with E-state index in [-0.39, 0.29) is 16.9 Å². The Kier molecular flexibility index (Phi) is 5.48. The fraction of sp³-hybridized carbons (Fsp3) is 0.238. The molecule has 0 aliphatic carbocycles. The van der Waals surface area contributed by atoms with Crippen LogP contribution in [0.4, 0.5) is 10.5 Å². The molecule has 7 nitrogen and oxygen atoms in total. The van der Waals surface area contributed by atoms with Gasteiger partial charge in [0.2, 0.25) is 0 Å². The molecule has 1 aliphatic heterocycles. The summed E-state index contributed by atoms with van der Waals surface area (Å²) in [5, 5.41) is 20.1. The predicted octanol–water partition coefficient (Wildman–Crippen LogP) is 4.83. The zero-order chi connectivity index (χ0) is 21.3. The van der Waals surface area contributed by atoms with Gasteiger partial charge in [0.05, 0.1) is 16.4 Å². The Hall–Kier alpha value is -3.13. The van der Waals surface area contributed by atoms with E-state index in [2.05, 4.69) is 20.8 Å².